The maximum Gasteiger partial charge on any atom is 0.159 e. The van der Waals surface area contributed by atoms with Gasteiger partial charge in [-0.1, -0.05) is 0 Å². The molecule has 1 aromatic carbocycles. The van der Waals surface area contributed by atoms with Gasteiger partial charge in [-0.05, 0) is 48.9 Å². The zero-order valence-electron chi connectivity index (χ0n) is 19.3. The molecule has 9 heteroatoms. The number of benzene rings is 1. The Morgan fingerprint density at radius 3 is 2.57 bits per heavy atom. The number of aromatic nitrogens is 7. The van der Waals surface area contributed by atoms with Crippen LogP contribution in [0.1, 0.15) is 5.56 Å². The number of fused-ring (bicyclic) bond motifs is 2. The largest absolute Gasteiger partial charge is 0.376 e. The van der Waals surface area contributed by atoms with E-state index in [0.717, 1.165) is 33.3 Å². The lowest BCUT2D eigenvalue weighted by molar-refractivity contribution is 0.627. The first kappa shape index (κ1) is 20.9. The molecule has 0 saturated heterocycles. The maximum absolute atomic E-state index is 14.1. The van der Waals surface area contributed by atoms with Crippen LogP contribution in [0.4, 0.5) is 10.1 Å². The summed E-state index contributed by atoms with van der Waals surface area (Å²) in [6.45, 7) is 1.85. The molecule has 2 N–H and O–H groups in total. The van der Waals surface area contributed by atoms with Crippen LogP contribution in [-0.2, 0) is 0 Å². The summed E-state index contributed by atoms with van der Waals surface area (Å²) in [5, 5.41) is 8.30. The number of nitrogens with one attached hydrogen (secondary N) is 2. The number of rotatable bonds is 4. The van der Waals surface area contributed by atoms with E-state index < -0.39 is 0 Å². The summed E-state index contributed by atoms with van der Waals surface area (Å²) in [5.74, 6) is 0.270. The maximum atomic E-state index is 14.1. The fraction of sp³-hybridized carbons (Fsp3) is 0.115. The van der Waals surface area contributed by atoms with Gasteiger partial charge in [0.2, 0.25) is 0 Å². The fourth-order valence-corrected chi connectivity index (χ4v) is 4.20. The molecule has 0 bridgehead atoms. The number of hydrogen-bond donors (Lipinski definition) is 2. The molecule has 5 heterocycles. The van der Waals surface area contributed by atoms with E-state index >= 15 is 0 Å². The zero-order valence-corrected chi connectivity index (χ0v) is 19.3. The summed E-state index contributed by atoms with van der Waals surface area (Å²) in [7, 11) is 3.96. The summed E-state index contributed by atoms with van der Waals surface area (Å²) in [4.78, 5) is 23.6. The van der Waals surface area contributed by atoms with E-state index in [1.807, 2.05) is 56.5 Å². The molecule has 0 saturated carbocycles. The van der Waals surface area contributed by atoms with Crippen LogP contribution in [0.2, 0.25) is 0 Å². The molecule has 0 amide bonds. The third-order valence-electron chi connectivity index (χ3n) is 5.93. The number of nitrogens with zero attached hydrogens (tertiary/aromatic N) is 6. The highest BCUT2D eigenvalue weighted by Gasteiger charge is 2.17. The highest BCUT2D eigenvalue weighted by molar-refractivity contribution is 5.96. The van der Waals surface area contributed by atoms with Gasteiger partial charge in [0.25, 0.3) is 0 Å². The lowest BCUT2D eigenvalue weighted by Gasteiger charge is -2.12. The van der Waals surface area contributed by atoms with E-state index in [1.54, 1.807) is 12.4 Å². The molecule has 172 valence electrons. The van der Waals surface area contributed by atoms with Crippen molar-refractivity contribution in [1.82, 2.24) is 35.1 Å². The molecule has 8 nitrogen and oxygen atoms in total. The highest BCUT2D eigenvalue weighted by Crippen LogP contribution is 2.32. The van der Waals surface area contributed by atoms with Crippen LogP contribution in [0.3, 0.4) is 0 Å². The third-order valence-corrected chi connectivity index (χ3v) is 5.93. The third kappa shape index (κ3) is 3.67. The van der Waals surface area contributed by atoms with Crippen molar-refractivity contribution in [2.75, 3.05) is 19.0 Å². The lowest BCUT2D eigenvalue weighted by atomic mass is 10.1. The van der Waals surface area contributed by atoms with Gasteiger partial charge >= 0.3 is 0 Å². The predicted molar refractivity (Wildman–Crippen MR) is 134 cm³/mol. The van der Waals surface area contributed by atoms with Crippen molar-refractivity contribution in [3.05, 3.63) is 72.6 Å². The van der Waals surface area contributed by atoms with E-state index in [9.17, 15) is 4.39 Å². The number of H-pyrrole nitrogens is 2. The Hall–Kier alpha value is -4.66. The summed E-state index contributed by atoms with van der Waals surface area (Å²) >= 11 is 0. The Labute approximate surface area is 199 Å². The molecule has 0 radical (unpaired) electrons. The average Bonchev–Trinajstić information content (AvgIpc) is 3.47. The average molecular weight is 465 g/mol. The van der Waals surface area contributed by atoms with Crippen LogP contribution in [0.15, 0.2) is 61.2 Å². The topological polar surface area (TPSA) is 99.3 Å². The van der Waals surface area contributed by atoms with Gasteiger partial charge in [-0.15, -0.1) is 0 Å². The Morgan fingerprint density at radius 2 is 1.74 bits per heavy atom. The number of imidazole rings is 1. The Bertz CT molecular complexity index is 1700. The minimum Gasteiger partial charge on any atom is -0.376 e. The molecular formula is C26H21FN8. The number of aryl methyl sites for hydroxylation is 1. The second-order valence-corrected chi connectivity index (χ2v) is 8.68. The standard InChI is InChI=1S/C26H21FN8/c1-14-6-15(8-18(27)7-14)22-24-21(4-5-29-22)31-26(32-24)23-20-10-17(12-30-25(20)34-33-23)16-9-19(35(2)3)13-28-11-16/h4-13H,1-3H3,(H,31,32)(H,30,33,34). The first-order valence-corrected chi connectivity index (χ1v) is 11.1. The molecule has 6 aromatic rings. The zero-order chi connectivity index (χ0) is 24.1. The molecule has 5 aromatic heterocycles. The van der Waals surface area contributed by atoms with E-state index in [0.29, 0.717) is 33.9 Å². The monoisotopic (exact) mass is 464 g/mol. The normalized spacial score (nSPS) is 11.4. The smallest absolute Gasteiger partial charge is 0.159 e. The molecule has 0 aliphatic rings. The lowest BCUT2D eigenvalue weighted by Crippen LogP contribution is -2.08. The summed E-state index contributed by atoms with van der Waals surface area (Å²) in [5.41, 5.74) is 7.71. The molecule has 0 aliphatic carbocycles. The molecule has 6 rings (SSSR count). The summed E-state index contributed by atoms with van der Waals surface area (Å²) in [6, 6.07) is 10.8. The minimum absolute atomic E-state index is 0.306. The van der Waals surface area contributed by atoms with Crippen LogP contribution in [-0.4, -0.2) is 49.2 Å². The van der Waals surface area contributed by atoms with Crippen molar-refractivity contribution in [2.45, 2.75) is 6.92 Å². The van der Waals surface area contributed by atoms with Gasteiger partial charge in [-0.2, -0.15) is 5.10 Å². The van der Waals surface area contributed by atoms with Crippen molar-refractivity contribution < 1.29 is 4.39 Å². The van der Waals surface area contributed by atoms with Crippen molar-refractivity contribution in [3.63, 3.8) is 0 Å². The number of halogens is 1. The van der Waals surface area contributed by atoms with Gasteiger partial charge in [0, 0.05) is 49.4 Å². The summed E-state index contributed by atoms with van der Waals surface area (Å²) < 4.78 is 14.1. The number of aromatic amines is 2. The van der Waals surface area contributed by atoms with Crippen LogP contribution in [0, 0.1) is 12.7 Å². The van der Waals surface area contributed by atoms with E-state index in [4.69, 9.17) is 4.98 Å². The van der Waals surface area contributed by atoms with Gasteiger partial charge < -0.3 is 9.88 Å². The minimum atomic E-state index is -0.306. The molecular weight excluding hydrogens is 443 g/mol. The first-order chi connectivity index (χ1) is 17.0. The van der Waals surface area contributed by atoms with Crippen molar-refractivity contribution in [2.24, 2.45) is 0 Å². The van der Waals surface area contributed by atoms with E-state index in [-0.39, 0.29) is 5.82 Å². The van der Waals surface area contributed by atoms with Gasteiger partial charge in [-0.3, -0.25) is 15.1 Å². The Balaban J connectivity index is 1.48. The van der Waals surface area contributed by atoms with E-state index in [2.05, 4.69) is 36.2 Å². The fourth-order valence-electron chi connectivity index (χ4n) is 4.20. The second kappa shape index (κ2) is 7.98. The van der Waals surface area contributed by atoms with Crippen molar-refractivity contribution >= 4 is 27.8 Å². The highest BCUT2D eigenvalue weighted by atomic mass is 19.1. The van der Waals surface area contributed by atoms with Crippen LogP contribution in [0.5, 0.6) is 0 Å². The van der Waals surface area contributed by atoms with Crippen LogP contribution < -0.4 is 4.90 Å². The molecule has 0 fully saturated rings. The second-order valence-electron chi connectivity index (χ2n) is 8.68. The molecule has 0 atom stereocenters. The number of pyridine rings is 3. The first-order valence-electron chi connectivity index (χ1n) is 11.1. The van der Waals surface area contributed by atoms with Gasteiger partial charge in [0.15, 0.2) is 11.5 Å². The van der Waals surface area contributed by atoms with Crippen LogP contribution >= 0.6 is 0 Å². The summed E-state index contributed by atoms with van der Waals surface area (Å²) in [6.07, 6.45) is 7.12. The Kier molecular flexibility index (Phi) is 4.77. The van der Waals surface area contributed by atoms with Crippen molar-refractivity contribution in [1.29, 1.82) is 0 Å². The Morgan fingerprint density at radius 1 is 0.886 bits per heavy atom. The molecule has 0 unspecified atom stereocenters. The number of hydrogen-bond acceptors (Lipinski definition) is 6. The van der Waals surface area contributed by atoms with Crippen molar-refractivity contribution in [3.8, 4) is 33.9 Å². The van der Waals surface area contributed by atoms with Gasteiger partial charge in [-0.25, -0.2) is 14.4 Å². The molecule has 0 aliphatic heterocycles. The predicted octanol–water partition coefficient (Wildman–Crippen LogP) is 5.14. The van der Waals surface area contributed by atoms with E-state index in [1.165, 1.54) is 12.1 Å². The molecule has 35 heavy (non-hydrogen) atoms. The quantitative estimate of drug-likeness (QED) is 0.375. The molecule has 0 spiro atoms. The SMILES string of the molecule is Cc1cc(F)cc(-c2nccc3[nH]c(-c4n[nH]c5ncc(-c6cncc(N(C)C)c6)cc45)nc23)c1. The number of anilines is 1. The van der Waals surface area contributed by atoms with Gasteiger partial charge in [0.05, 0.1) is 28.5 Å². The van der Waals surface area contributed by atoms with Crippen LogP contribution in [0.25, 0.3) is 56.0 Å². The van der Waals surface area contributed by atoms with Gasteiger partial charge in [0.1, 0.15) is 17.0 Å².